The molecule has 1 aromatic carbocycles. The number of benzene rings is 1. The standard InChI is InChI=1S/C37H58N10O14/c1-3-44-36(57)27(47-35(56)17-4-15(5-19(38)14(17)2)21(8-26(40)50)45-9-20(39)34(41)55)32(22-10-43-13-46-22)60-23-6-16(11-48)28(51)29(52)18(23)7-24-30(53)33(61-37(42)58)31(54)25(12-49)59-24/h4-5,10,13,16,18,20-21,23-25,27-33,45,48-49,51-54H,3,6-9,11-12,38-39H2,1-2H3,(H2,40,50)(H2,41,55)(H2,42,58)(H,43,46)(H,44,57)(H,47,56). The number of anilines is 1. The second kappa shape index (κ2) is 21.7. The number of nitrogens with two attached hydrogens (primary N) is 5. The summed E-state index contributed by atoms with van der Waals surface area (Å²) >= 11 is 0. The third kappa shape index (κ3) is 11.9. The lowest BCUT2D eigenvalue weighted by atomic mass is 9.72. The summed E-state index contributed by atoms with van der Waals surface area (Å²) in [6.07, 6.45) is -13.3. The minimum absolute atomic E-state index is 0.0330. The zero-order chi connectivity index (χ0) is 45.3. The molecule has 2 aliphatic rings. The van der Waals surface area contributed by atoms with E-state index in [4.69, 9.17) is 42.9 Å². The number of nitrogens with one attached hydrogen (secondary N) is 4. The first-order valence-corrected chi connectivity index (χ1v) is 19.6. The van der Waals surface area contributed by atoms with Crippen LogP contribution in [0.2, 0.25) is 0 Å². The van der Waals surface area contributed by atoms with Gasteiger partial charge >= 0.3 is 6.09 Å². The van der Waals surface area contributed by atoms with E-state index in [0.717, 1.165) is 0 Å². The summed E-state index contributed by atoms with van der Waals surface area (Å²) in [6, 6.07) is -0.680. The number of likely N-dealkylation sites (N-methyl/N-ethyl adjacent to an activating group) is 1. The fourth-order valence-electron chi connectivity index (χ4n) is 7.69. The Balaban J connectivity index is 1.75. The lowest BCUT2D eigenvalue weighted by molar-refractivity contribution is -0.242. The smallest absolute Gasteiger partial charge is 0.404 e. The van der Waals surface area contributed by atoms with Gasteiger partial charge in [-0.1, -0.05) is 0 Å². The van der Waals surface area contributed by atoms with Gasteiger partial charge in [0, 0.05) is 55.2 Å². The Bertz CT molecular complexity index is 1820. The van der Waals surface area contributed by atoms with Crippen molar-refractivity contribution in [1.29, 1.82) is 0 Å². The van der Waals surface area contributed by atoms with Gasteiger partial charge in [0.2, 0.25) is 17.7 Å². The van der Waals surface area contributed by atoms with Crippen LogP contribution in [-0.2, 0) is 28.6 Å². The number of carbonyl (C=O) groups excluding carboxylic acids is 5. The molecule has 0 radical (unpaired) electrons. The summed E-state index contributed by atoms with van der Waals surface area (Å²) < 4.78 is 17.4. The fraction of sp³-hybridized carbons (Fsp3) is 0.622. The molecule has 2 heterocycles. The monoisotopic (exact) mass is 866 g/mol. The van der Waals surface area contributed by atoms with Crippen molar-refractivity contribution in [2.45, 2.75) is 106 Å². The van der Waals surface area contributed by atoms with Crippen LogP contribution in [0.25, 0.3) is 0 Å². The molecule has 14 atom stereocenters. The van der Waals surface area contributed by atoms with Gasteiger partial charge in [0.15, 0.2) is 6.10 Å². The molecule has 340 valence electrons. The number of aromatic amines is 1. The van der Waals surface area contributed by atoms with Gasteiger partial charge in [-0.2, -0.15) is 0 Å². The van der Waals surface area contributed by atoms with Crippen LogP contribution < -0.4 is 44.6 Å². The maximum absolute atomic E-state index is 14.3. The number of aliphatic hydroxyl groups is 6. The van der Waals surface area contributed by atoms with Crippen LogP contribution in [0.5, 0.6) is 0 Å². The molecule has 1 saturated heterocycles. The highest BCUT2D eigenvalue weighted by Gasteiger charge is 2.52. The van der Waals surface area contributed by atoms with Gasteiger partial charge < -0.3 is 94.5 Å². The number of aromatic nitrogens is 2. The lowest BCUT2D eigenvalue weighted by Gasteiger charge is -2.47. The number of aliphatic hydroxyl groups excluding tert-OH is 6. The lowest BCUT2D eigenvalue weighted by Crippen LogP contribution is -2.62. The van der Waals surface area contributed by atoms with Gasteiger partial charge in [0.1, 0.15) is 30.5 Å². The van der Waals surface area contributed by atoms with E-state index in [1.54, 1.807) is 13.8 Å². The van der Waals surface area contributed by atoms with Gasteiger partial charge in [-0.05, 0) is 49.9 Å². The van der Waals surface area contributed by atoms with Crippen molar-refractivity contribution in [3.63, 3.8) is 0 Å². The van der Waals surface area contributed by atoms with Crippen molar-refractivity contribution in [3.8, 4) is 0 Å². The predicted octanol–water partition coefficient (Wildman–Crippen LogP) is -5.33. The topological polar surface area (TPSA) is 429 Å². The first kappa shape index (κ1) is 48.6. The highest BCUT2D eigenvalue weighted by Crippen LogP contribution is 2.40. The highest BCUT2D eigenvalue weighted by molar-refractivity contribution is 6.00. The molecule has 1 saturated carbocycles. The number of imidazole rings is 1. The zero-order valence-corrected chi connectivity index (χ0v) is 33.6. The van der Waals surface area contributed by atoms with Crippen molar-refractivity contribution in [2.75, 3.05) is 32.0 Å². The van der Waals surface area contributed by atoms with Crippen LogP contribution >= 0.6 is 0 Å². The highest BCUT2D eigenvalue weighted by atomic mass is 16.6. The molecule has 2 fully saturated rings. The number of hydrogen-bond acceptors (Lipinski definition) is 18. The van der Waals surface area contributed by atoms with Gasteiger partial charge in [-0.3, -0.25) is 19.2 Å². The maximum Gasteiger partial charge on any atom is 0.404 e. The van der Waals surface area contributed by atoms with Gasteiger partial charge in [0.05, 0.1) is 55.3 Å². The van der Waals surface area contributed by atoms with Crippen LogP contribution in [0.15, 0.2) is 24.7 Å². The van der Waals surface area contributed by atoms with Crippen molar-refractivity contribution in [2.24, 2.45) is 34.8 Å². The zero-order valence-electron chi connectivity index (χ0n) is 33.6. The molecule has 1 aliphatic carbocycles. The summed E-state index contributed by atoms with van der Waals surface area (Å²) in [5.41, 5.74) is 28.9. The normalized spacial score (nSPS) is 28.5. The van der Waals surface area contributed by atoms with Crippen molar-refractivity contribution < 1.29 is 68.8 Å². The third-order valence-electron chi connectivity index (χ3n) is 11.1. The van der Waals surface area contributed by atoms with Crippen LogP contribution in [-0.4, -0.2) is 158 Å². The molecule has 1 aromatic heterocycles. The molecule has 14 unspecified atom stereocenters. The molecule has 1 aliphatic heterocycles. The Morgan fingerprint density at radius 3 is 2.26 bits per heavy atom. The van der Waals surface area contributed by atoms with Gasteiger partial charge in [0.25, 0.3) is 5.91 Å². The molecule has 0 bridgehead atoms. The quantitative estimate of drug-likeness (QED) is 0.0553. The number of primary amides is 3. The van der Waals surface area contributed by atoms with E-state index in [9.17, 15) is 54.6 Å². The second-order valence-corrected chi connectivity index (χ2v) is 15.2. The van der Waals surface area contributed by atoms with E-state index in [2.05, 4.69) is 25.9 Å². The number of hydrogen-bond donors (Lipinski definition) is 15. The van der Waals surface area contributed by atoms with Gasteiger partial charge in [-0.15, -0.1) is 0 Å². The van der Waals surface area contributed by atoms with E-state index in [1.807, 2.05) is 0 Å². The summed E-state index contributed by atoms with van der Waals surface area (Å²) in [6.45, 7) is 1.74. The largest absolute Gasteiger partial charge is 0.441 e. The van der Waals surface area contributed by atoms with E-state index >= 15 is 0 Å². The van der Waals surface area contributed by atoms with Crippen LogP contribution in [0, 0.1) is 18.8 Å². The number of carbonyl (C=O) groups is 5. The van der Waals surface area contributed by atoms with E-state index in [1.165, 1.54) is 24.7 Å². The van der Waals surface area contributed by atoms with Crippen LogP contribution in [0.4, 0.5) is 10.5 Å². The minimum Gasteiger partial charge on any atom is -0.441 e. The van der Waals surface area contributed by atoms with E-state index < -0.39 is 128 Å². The Labute approximate surface area is 349 Å². The first-order chi connectivity index (χ1) is 28.8. The molecule has 24 nitrogen and oxygen atoms in total. The summed E-state index contributed by atoms with van der Waals surface area (Å²) in [4.78, 5) is 70.6. The van der Waals surface area contributed by atoms with E-state index in [-0.39, 0.29) is 54.9 Å². The van der Waals surface area contributed by atoms with Crippen molar-refractivity contribution in [3.05, 3.63) is 47.0 Å². The third-order valence-corrected chi connectivity index (χ3v) is 11.1. The molecular formula is C37H58N10O14. The molecule has 61 heavy (non-hydrogen) atoms. The number of nitrogens with zero attached hydrogens (tertiary/aromatic N) is 1. The molecular weight excluding hydrogens is 808 g/mol. The predicted molar refractivity (Wildman–Crippen MR) is 211 cm³/mol. The van der Waals surface area contributed by atoms with Crippen LogP contribution in [0.1, 0.15) is 65.5 Å². The average Bonchev–Trinajstić information content (AvgIpc) is 3.75. The summed E-state index contributed by atoms with van der Waals surface area (Å²) in [7, 11) is 0. The molecule has 5 amide bonds. The van der Waals surface area contributed by atoms with Gasteiger partial charge in [-0.25, -0.2) is 9.78 Å². The number of ether oxygens (including phenoxy) is 3. The summed E-state index contributed by atoms with van der Waals surface area (Å²) in [5, 5.41) is 72.9. The Hall–Kier alpha value is -5.02. The fourth-order valence-corrected chi connectivity index (χ4v) is 7.69. The summed E-state index contributed by atoms with van der Waals surface area (Å²) in [5.74, 6) is -5.28. The minimum atomic E-state index is -1.76. The molecule has 20 N–H and O–H groups in total. The molecule has 2 aromatic rings. The molecule has 24 heteroatoms. The Morgan fingerprint density at radius 1 is 1.00 bits per heavy atom. The number of amides is 5. The van der Waals surface area contributed by atoms with Crippen molar-refractivity contribution in [1.82, 2.24) is 25.9 Å². The molecule has 4 rings (SSSR count). The number of nitrogen functional groups attached to an aromatic ring is 1. The van der Waals surface area contributed by atoms with E-state index in [0.29, 0.717) is 5.56 Å². The number of rotatable bonds is 20. The number of H-pyrrole nitrogens is 1. The maximum atomic E-state index is 14.3. The first-order valence-electron chi connectivity index (χ1n) is 19.6. The average molecular weight is 867 g/mol. The Kier molecular flexibility index (Phi) is 17.3. The Morgan fingerprint density at radius 2 is 1.69 bits per heavy atom. The van der Waals surface area contributed by atoms with Crippen LogP contribution in [0.3, 0.4) is 0 Å². The molecule has 0 spiro atoms. The van der Waals surface area contributed by atoms with Crippen molar-refractivity contribution >= 4 is 35.4 Å². The SMILES string of the molecule is CCNC(=O)C(NC(=O)c1cc(C(CC(N)=O)NCC(N)C(N)=O)cc(N)c1C)C(OC1CC(CO)C(O)C(O)C1CC1OC(CO)C(O)C(OC(N)=O)C1O)c1cnc[nH]1. The second-order valence-electron chi connectivity index (χ2n) is 15.2.